The van der Waals surface area contributed by atoms with Gasteiger partial charge in [-0.05, 0) is 25.1 Å². The van der Waals surface area contributed by atoms with Gasteiger partial charge in [0, 0.05) is 5.56 Å². The lowest BCUT2D eigenvalue weighted by Gasteiger charge is -2.06. The number of nitrogens with one attached hydrogen (secondary N) is 1. The standard InChI is InChI=1S/C12H11ClN4O3S/c1-8-15-12(20-16-8)17-21(18,19)11-5-4-9(3-2-6-14)7-10(11)13/h4-5,7H,6,14H2,1H3,(H,15,16,17). The molecule has 7 nitrogen and oxygen atoms in total. The highest BCUT2D eigenvalue weighted by Crippen LogP contribution is 2.24. The van der Waals surface area contributed by atoms with Crippen LogP contribution in [0.5, 0.6) is 0 Å². The molecule has 3 N–H and O–H groups in total. The lowest BCUT2D eigenvalue weighted by Crippen LogP contribution is -2.13. The van der Waals surface area contributed by atoms with Gasteiger partial charge in [-0.1, -0.05) is 28.6 Å². The predicted octanol–water partition coefficient (Wildman–Crippen LogP) is 1.14. The topological polar surface area (TPSA) is 111 Å². The first-order valence-electron chi connectivity index (χ1n) is 5.74. The van der Waals surface area contributed by atoms with Crippen molar-refractivity contribution in [2.45, 2.75) is 11.8 Å². The third-order valence-corrected chi connectivity index (χ3v) is 4.11. The summed E-state index contributed by atoms with van der Waals surface area (Å²) in [6.45, 7) is 1.77. The minimum atomic E-state index is -3.92. The molecule has 1 aromatic heterocycles. The minimum absolute atomic E-state index is 0.0301. The molecule has 0 bridgehead atoms. The monoisotopic (exact) mass is 326 g/mol. The molecule has 2 aromatic rings. The number of rotatable bonds is 3. The predicted molar refractivity (Wildman–Crippen MR) is 77.2 cm³/mol. The summed E-state index contributed by atoms with van der Waals surface area (Å²) in [6.07, 6.45) is 0. The fraction of sp³-hybridized carbons (Fsp3) is 0.167. The lowest BCUT2D eigenvalue weighted by molar-refractivity contribution is 0.429. The summed E-state index contributed by atoms with van der Waals surface area (Å²) in [6, 6.07) is 4.09. The summed E-state index contributed by atoms with van der Waals surface area (Å²) in [7, 11) is -3.92. The average Bonchev–Trinajstić information content (AvgIpc) is 2.80. The van der Waals surface area contributed by atoms with Crippen LogP contribution in [0.2, 0.25) is 5.02 Å². The zero-order valence-electron chi connectivity index (χ0n) is 10.9. The maximum atomic E-state index is 12.2. The first kappa shape index (κ1) is 15.3. The number of benzene rings is 1. The highest BCUT2D eigenvalue weighted by molar-refractivity contribution is 7.92. The Morgan fingerprint density at radius 1 is 1.48 bits per heavy atom. The van der Waals surface area contributed by atoms with Crippen molar-refractivity contribution >= 4 is 27.6 Å². The Bertz CT molecular complexity index is 821. The molecular formula is C12H11ClN4O3S. The SMILES string of the molecule is Cc1noc(NS(=O)(=O)c2ccc(C#CCN)cc2Cl)n1. The highest BCUT2D eigenvalue weighted by Gasteiger charge is 2.20. The molecule has 9 heteroatoms. The second kappa shape index (κ2) is 6.13. The van der Waals surface area contributed by atoms with Gasteiger partial charge in [-0.15, -0.1) is 0 Å². The van der Waals surface area contributed by atoms with E-state index in [9.17, 15) is 8.42 Å². The molecule has 0 radical (unpaired) electrons. The largest absolute Gasteiger partial charge is 0.335 e. The van der Waals surface area contributed by atoms with E-state index in [0.29, 0.717) is 11.4 Å². The molecule has 0 unspecified atom stereocenters. The van der Waals surface area contributed by atoms with E-state index in [0.717, 1.165) is 0 Å². The Morgan fingerprint density at radius 2 is 2.24 bits per heavy atom. The molecule has 2 rings (SSSR count). The van der Waals surface area contributed by atoms with Gasteiger partial charge in [0.05, 0.1) is 11.6 Å². The van der Waals surface area contributed by atoms with Crippen molar-refractivity contribution in [3.63, 3.8) is 0 Å². The zero-order valence-corrected chi connectivity index (χ0v) is 12.5. The van der Waals surface area contributed by atoms with E-state index in [1.165, 1.54) is 18.2 Å². The molecule has 21 heavy (non-hydrogen) atoms. The molecule has 0 aliphatic rings. The summed E-state index contributed by atoms with van der Waals surface area (Å²) in [5.41, 5.74) is 5.83. The summed E-state index contributed by atoms with van der Waals surface area (Å²) >= 11 is 5.98. The van der Waals surface area contributed by atoms with Crippen molar-refractivity contribution in [1.29, 1.82) is 0 Å². The van der Waals surface area contributed by atoms with E-state index in [1.54, 1.807) is 6.92 Å². The van der Waals surface area contributed by atoms with Crippen molar-refractivity contribution in [1.82, 2.24) is 10.1 Å². The Morgan fingerprint density at radius 3 is 2.81 bits per heavy atom. The Labute approximate surface area is 126 Å². The van der Waals surface area contributed by atoms with Crippen LogP contribution < -0.4 is 10.5 Å². The number of anilines is 1. The second-order valence-electron chi connectivity index (χ2n) is 3.90. The fourth-order valence-electron chi connectivity index (χ4n) is 1.46. The Balaban J connectivity index is 2.32. The van der Waals surface area contributed by atoms with Crippen LogP contribution in [-0.4, -0.2) is 25.1 Å². The number of hydrogen-bond donors (Lipinski definition) is 2. The molecule has 0 saturated carbocycles. The molecule has 0 saturated heterocycles. The van der Waals surface area contributed by atoms with Crippen molar-refractivity contribution in [3.05, 3.63) is 34.6 Å². The number of hydrogen-bond acceptors (Lipinski definition) is 6. The number of nitrogens with two attached hydrogens (primary N) is 1. The second-order valence-corrected chi connectivity index (χ2v) is 5.96. The maximum absolute atomic E-state index is 12.2. The van der Waals surface area contributed by atoms with Crippen LogP contribution in [0.25, 0.3) is 0 Å². The van der Waals surface area contributed by atoms with E-state index in [4.69, 9.17) is 21.9 Å². The normalized spacial score (nSPS) is 10.8. The van der Waals surface area contributed by atoms with Crippen LogP contribution in [0, 0.1) is 18.8 Å². The number of aromatic nitrogens is 2. The van der Waals surface area contributed by atoms with Gasteiger partial charge in [-0.2, -0.15) is 4.98 Å². The van der Waals surface area contributed by atoms with Gasteiger partial charge in [0.2, 0.25) is 0 Å². The molecule has 0 atom stereocenters. The van der Waals surface area contributed by atoms with E-state index in [2.05, 4.69) is 26.7 Å². The fourth-order valence-corrected chi connectivity index (χ4v) is 2.93. The summed E-state index contributed by atoms with van der Waals surface area (Å²) in [5.74, 6) is 5.73. The van der Waals surface area contributed by atoms with Gasteiger partial charge in [0.1, 0.15) is 4.90 Å². The number of sulfonamides is 1. The molecule has 0 spiro atoms. The van der Waals surface area contributed by atoms with Crippen LogP contribution in [0.1, 0.15) is 11.4 Å². The average molecular weight is 327 g/mol. The van der Waals surface area contributed by atoms with Gasteiger partial charge in [-0.25, -0.2) is 13.1 Å². The zero-order chi connectivity index (χ0) is 15.5. The van der Waals surface area contributed by atoms with Crippen LogP contribution in [0.3, 0.4) is 0 Å². The maximum Gasteiger partial charge on any atom is 0.335 e. The minimum Gasteiger partial charge on any atom is -0.320 e. The Kier molecular flexibility index (Phi) is 4.47. The van der Waals surface area contributed by atoms with Crippen LogP contribution in [-0.2, 0) is 10.0 Å². The van der Waals surface area contributed by atoms with E-state index < -0.39 is 10.0 Å². The van der Waals surface area contributed by atoms with Gasteiger partial charge < -0.3 is 10.3 Å². The van der Waals surface area contributed by atoms with Crippen molar-refractivity contribution < 1.29 is 12.9 Å². The van der Waals surface area contributed by atoms with Gasteiger partial charge in [0.25, 0.3) is 10.0 Å². The van der Waals surface area contributed by atoms with Crippen molar-refractivity contribution in [2.75, 3.05) is 11.3 Å². The summed E-state index contributed by atoms with van der Waals surface area (Å²) in [5, 5.41) is 3.52. The van der Waals surface area contributed by atoms with E-state index in [1.807, 2.05) is 0 Å². The summed E-state index contributed by atoms with van der Waals surface area (Å²) < 4.78 is 31.2. The van der Waals surface area contributed by atoms with Crippen LogP contribution in [0.15, 0.2) is 27.6 Å². The summed E-state index contributed by atoms with van der Waals surface area (Å²) in [4.78, 5) is 3.65. The number of nitrogens with zero attached hydrogens (tertiary/aromatic N) is 2. The van der Waals surface area contributed by atoms with Gasteiger partial charge >= 0.3 is 6.01 Å². The first-order valence-corrected chi connectivity index (χ1v) is 7.60. The highest BCUT2D eigenvalue weighted by atomic mass is 35.5. The quantitative estimate of drug-likeness (QED) is 0.818. The molecular weight excluding hydrogens is 316 g/mol. The molecule has 0 aliphatic carbocycles. The molecule has 0 amide bonds. The molecule has 1 aromatic carbocycles. The van der Waals surface area contributed by atoms with Crippen molar-refractivity contribution in [2.24, 2.45) is 5.73 Å². The molecule has 0 fully saturated rings. The first-order chi connectivity index (χ1) is 9.92. The Hall–Kier alpha value is -2.08. The van der Waals surface area contributed by atoms with Crippen LogP contribution in [0.4, 0.5) is 6.01 Å². The van der Waals surface area contributed by atoms with Crippen molar-refractivity contribution in [3.8, 4) is 11.8 Å². The number of halogens is 1. The molecule has 110 valence electrons. The lowest BCUT2D eigenvalue weighted by atomic mass is 10.2. The van der Waals surface area contributed by atoms with Gasteiger partial charge in [-0.3, -0.25) is 0 Å². The van der Waals surface area contributed by atoms with Gasteiger partial charge in [0.15, 0.2) is 5.82 Å². The molecule has 1 heterocycles. The van der Waals surface area contributed by atoms with Crippen LogP contribution >= 0.6 is 11.6 Å². The van der Waals surface area contributed by atoms with E-state index >= 15 is 0 Å². The smallest absolute Gasteiger partial charge is 0.320 e. The van der Waals surface area contributed by atoms with E-state index in [-0.39, 0.29) is 22.5 Å². The molecule has 0 aliphatic heterocycles. The number of aryl methyl sites for hydroxylation is 1. The third kappa shape index (κ3) is 3.72. The third-order valence-electron chi connectivity index (χ3n) is 2.31.